The van der Waals surface area contributed by atoms with E-state index in [1.165, 1.54) is 25.8 Å². The molecule has 0 aliphatic carbocycles. The first kappa shape index (κ1) is 36.9. The fourth-order valence-electron chi connectivity index (χ4n) is 6.71. The molecule has 1 amide bonds. The van der Waals surface area contributed by atoms with E-state index in [0.717, 1.165) is 6.92 Å². The summed E-state index contributed by atoms with van der Waals surface area (Å²) in [5.74, 6) is -10.5. The van der Waals surface area contributed by atoms with Crippen LogP contribution in [0.4, 0.5) is 30.7 Å². The first-order valence-corrected chi connectivity index (χ1v) is 14.9. The molecule has 0 radical (unpaired) electrons. The summed E-state index contributed by atoms with van der Waals surface area (Å²) in [5.41, 5.74) is -6.07. The molecular weight excluding hydrogens is 661 g/mol. The molecular formula is C30H37F7N4O7. The van der Waals surface area contributed by atoms with Gasteiger partial charge >= 0.3 is 12.4 Å². The van der Waals surface area contributed by atoms with Gasteiger partial charge in [0.05, 0.1) is 12.2 Å². The summed E-state index contributed by atoms with van der Waals surface area (Å²) in [7, 11) is 1.29. The Labute approximate surface area is 270 Å². The van der Waals surface area contributed by atoms with Gasteiger partial charge in [-0.3, -0.25) is 19.5 Å². The molecule has 11 nitrogen and oxygen atoms in total. The van der Waals surface area contributed by atoms with E-state index < -0.39 is 81.4 Å². The van der Waals surface area contributed by atoms with Gasteiger partial charge in [-0.15, -0.1) is 0 Å². The summed E-state index contributed by atoms with van der Waals surface area (Å²) in [6.45, 7) is 5.68. The van der Waals surface area contributed by atoms with Gasteiger partial charge in [0.15, 0.2) is 17.2 Å². The molecule has 2 aliphatic heterocycles. The van der Waals surface area contributed by atoms with Crippen LogP contribution in [0.5, 0.6) is 34.5 Å². The number of benzene rings is 2. The van der Waals surface area contributed by atoms with E-state index in [1.54, 1.807) is 9.80 Å². The van der Waals surface area contributed by atoms with Crippen molar-refractivity contribution in [1.29, 1.82) is 0 Å². The third-order valence-corrected chi connectivity index (χ3v) is 9.46. The van der Waals surface area contributed by atoms with Crippen molar-refractivity contribution in [3.05, 3.63) is 33.6 Å². The summed E-state index contributed by atoms with van der Waals surface area (Å²) >= 11 is 0. The molecule has 0 spiro atoms. The number of halogens is 7. The van der Waals surface area contributed by atoms with E-state index in [0.29, 0.717) is 32.6 Å². The van der Waals surface area contributed by atoms with Crippen LogP contribution in [0.25, 0.3) is 0 Å². The van der Waals surface area contributed by atoms with Crippen LogP contribution in [-0.4, -0.2) is 109 Å². The number of rotatable bonds is 6. The summed E-state index contributed by atoms with van der Waals surface area (Å²) < 4.78 is 97.1. The fraction of sp³-hybridized carbons (Fsp3) is 0.567. The highest BCUT2D eigenvalue weighted by molar-refractivity contribution is 5.73. The topological polar surface area (TPSA) is 151 Å². The Balaban J connectivity index is 1.74. The van der Waals surface area contributed by atoms with E-state index in [-0.39, 0.29) is 42.7 Å². The van der Waals surface area contributed by atoms with Gasteiger partial charge < -0.3 is 35.5 Å². The van der Waals surface area contributed by atoms with Crippen LogP contribution in [-0.2, 0) is 17.1 Å². The molecule has 48 heavy (non-hydrogen) atoms. The summed E-state index contributed by atoms with van der Waals surface area (Å²) in [6, 6.07) is -2.64. The number of aromatic hydroxyl groups is 6. The minimum absolute atomic E-state index is 0.0615. The van der Waals surface area contributed by atoms with E-state index >= 15 is 0 Å². The fourth-order valence-corrected chi connectivity index (χ4v) is 6.71. The Bertz CT molecular complexity index is 1490. The quantitative estimate of drug-likeness (QED) is 0.142. The normalized spacial score (nSPS) is 20.8. The first-order chi connectivity index (χ1) is 22.1. The predicted octanol–water partition coefficient (Wildman–Crippen LogP) is 4.73. The molecule has 268 valence electrons. The molecule has 2 aromatic carbocycles. The summed E-state index contributed by atoms with van der Waals surface area (Å²) in [4.78, 5) is 18.4. The van der Waals surface area contributed by atoms with Gasteiger partial charge in [0.2, 0.25) is 11.7 Å². The average molecular weight is 699 g/mol. The molecule has 6 N–H and O–H groups in total. The third kappa shape index (κ3) is 6.69. The molecule has 18 heteroatoms. The molecule has 4 rings (SSSR count). The smallest absolute Gasteiger partial charge is 0.423 e. The number of phenolic OH excluding ortho intramolecular Hbond substituents is 6. The van der Waals surface area contributed by atoms with Crippen molar-refractivity contribution in [3.63, 3.8) is 0 Å². The van der Waals surface area contributed by atoms with Crippen molar-refractivity contribution in [2.24, 2.45) is 0 Å². The second kappa shape index (κ2) is 13.2. The Kier molecular flexibility index (Phi) is 10.1. The van der Waals surface area contributed by atoms with Gasteiger partial charge in [-0.25, -0.2) is 0 Å². The molecule has 2 fully saturated rings. The third-order valence-electron chi connectivity index (χ3n) is 9.46. The van der Waals surface area contributed by atoms with Gasteiger partial charge in [0, 0.05) is 68.9 Å². The molecule has 2 saturated heterocycles. The lowest BCUT2D eigenvalue weighted by Gasteiger charge is -2.47. The Morgan fingerprint density at radius 2 is 1.35 bits per heavy atom. The van der Waals surface area contributed by atoms with Crippen LogP contribution >= 0.6 is 0 Å². The van der Waals surface area contributed by atoms with Crippen molar-refractivity contribution < 1.29 is 66.2 Å². The number of carbonyl (C=O) groups is 1. The molecule has 3 atom stereocenters. The molecule has 0 saturated carbocycles. The van der Waals surface area contributed by atoms with Crippen molar-refractivity contribution in [2.75, 3.05) is 46.4 Å². The minimum atomic E-state index is -5.64. The van der Waals surface area contributed by atoms with Gasteiger partial charge in [0.25, 0.3) is 0 Å². The maximum atomic E-state index is 14.5. The number of nitrogens with zero attached hydrogens (tertiary/aromatic N) is 4. The first-order valence-electron chi connectivity index (χ1n) is 14.9. The van der Waals surface area contributed by atoms with E-state index in [1.807, 2.05) is 0 Å². The second-order valence-electron chi connectivity index (χ2n) is 12.2. The Hall–Kier alpha value is -3.90. The predicted molar refractivity (Wildman–Crippen MR) is 155 cm³/mol. The van der Waals surface area contributed by atoms with Crippen LogP contribution in [0.2, 0.25) is 0 Å². The lowest BCUT2D eigenvalue weighted by molar-refractivity contribution is -0.147. The van der Waals surface area contributed by atoms with Gasteiger partial charge in [-0.05, 0) is 33.7 Å². The Morgan fingerprint density at radius 3 is 1.83 bits per heavy atom. The highest BCUT2D eigenvalue weighted by Gasteiger charge is 2.49. The van der Waals surface area contributed by atoms with Crippen LogP contribution in [0.15, 0.2) is 0 Å². The lowest BCUT2D eigenvalue weighted by Crippen LogP contribution is -2.55. The zero-order chi connectivity index (χ0) is 36.2. The molecule has 2 heterocycles. The molecule has 3 unspecified atom stereocenters. The number of phenols is 6. The number of piperidine rings is 1. The highest BCUT2D eigenvalue weighted by Crippen LogP contribution is 2.56. The molecule has 2 aromatic rings. The van der Waals surface area contributed by atoms with Crippen LogP contribution in [0.1, 0.15) is 66.6 Å². The SMILES string of the molecule is CC(=O)N1CCN(C2CCN(CN(C)C(C)c3c(O)c(C(F)(F)F)c(O)c(C(F)(F)F)c3O)C(c3c(C)c(O)c(F)c(O)c3O)C2)CC1. The van der Waals surface area contributed by atoms with Crippen molar-refractivity contribution in [2.45, 2.75) is 64.1 Å². The summed E-state index contributed by atoms with van der Waals surface area (Å²) in [6.07, 6.45) is -10.6. The van der Waals surface area contributed by atoms with Crippen LogP contribution in [0.3, 0.4) is 0 Å². The van der Waals surface area contributed by atoms with Crippen molar-refractivity contribution >= 4 is 5.91 Å². The number of hydrogen-bond donors (Lipinski definition) is 6. The van der Waals surface area contributed by atoms with E-state index in [2.05, 4.69) is 4.90 Å². The van der Waals surface area contributed by atoms with Crippen LogP contribution in [0, 0.1) is 12.7 Å². The largest absolute Gasteiger partial charge is 0.507 e. The van der Waals surface area contributed by atoms with E-state index in [9.17, 15) is 66.2 Å². The average Bonchev–Trinajstić information content (AvgIpc) is 2.98. The maximum absolute atomic E-state index is 14.5. The van der Waals surface area contributed by atoms with Gasteiger partial charge in [-0.2, -0.15) is 30.7 Å². The maximum Gasteiger partial charge on any atom is 0.423 e. The molecule has 0 bridgehead atoms. The molecule has 0 aromatic heterocycles. The van der Waals surface area contributed by atoms with E-state index in [4.69, 9.17) is 0 Å². The van der Waals surface area contributed by atoms with Crippen LogP contribution < -0.4 is 0 Å². The lowest BCUT2D eigenvalue weighted by atomic mass is 9.87. The van der Waals surface area contributed by atoms with Crippen molar-refractivity contribution in [1.82, 2.24) is 19.6 Å². The summed E-state index contributed by atoms with van der Waals surface area (Å²) in [5, 5.41) is 62.5. The molecule has 2 aliphatic rings. The number of amides is 1. The number of hydrogen-bond acceptors (Lipinski definition) is 10. The monoisotopic (exact) mass is 698 g/mol. The minimum Gasteiger partial charge on any atom is -0.507 e. The number of piperazine rings is 1. The zero-order valence-corrected chi connectivity index (χ0v) is 26.4. The number of likely N-dealkylation sites (tertiary alicyclic amines) is 1. The second-order valence-corrected chi connectivity index (χ2v) is 12.2. The standard InChI is InChI=1S/C30H37F7N4O7/c1-13-18(26(46)28(48)22(31)23(13)43)17-11-16(40-9-7-39(8-10-40)15(3)42)5-6-41(17)12-38(4)14(2)19-24(44)20(29(32,33)34)27(47)21(25(19)45)30(35,36)37/h14,16-17,43-48H,5-12H2,1-4H3. The van der Waals surface area contributed by atoms with Gasteiger partial charge in [-0.1, -0.05) is 0 Å². The Morgan fingerprint density at radius 1 is 0.833 bits per heavy atom. The van der Waals surface area contributed by atoms with Crippen molar-refractivity contribution in [3.8, 4) is 34.5 Å². The number of alkyl halides is 6. The number of carbonyl (C=O) groups excluding carboxylic acids is 1. The zero-order valence-electron chi connectivity index (χ0n) is 26.4. The van der Waals surface area contributed by atoms with Gasteiger partial charge in [0.1, 0.15) is 28.4 Å². The highest BCUT2D eigenvalue weighted by atomic mass is 19.4.